The van der Waals surface area contributed by atoms with Gasteiger partial charge in [-0.25, -0.2) is 20.7 Å². The Bertz CT molecular complexity index is 1360. The van der Waals surface area contributed by atoms with E-state index in [-0.39, 0.29) is 17.9 Å². The molecule has 8 nitrogen and oxygen atoms in total. The molecule has 8 heteroatoms. The zero-order valence-electron chi connectivity index (χ0n) is 19.8. The van der Waals surface area contributed by atoms with Gasteiger partial charge in [0.1, 0.15) is 5.82 Å². The van der Waals surface area contributed by atoms with E-state index in [1.165, 1.54) is 6.07 Å². The zero-order valence-corrected chi connectivity index (χ0v) is 19.8. The maximum Gasteiger partial charge on any atom is 0.336 e. The van der Waals surface area contributed by atoms with Crippen LogP contribution < -0.4 is 11.6 Å². The highest BCUT2D eigenvalue weighted by atomic mass is 16.4. The van der Waals surface area contributed by atoms with Gasteiger partial charge in [0.05, 0.1) is 23.1 Å². The van der Waals surface area contributed by atoms with Gasteiger partial charge < -0.3 is 15.4 Å². The maximum absolute atomic E-state index is 11.5. The lowest BCUT2D eigenvalue weighted by molar-refractivity contribution is 0.0694. The molecule has 0 aliphatic heterocycles. The van der Waals surface area contributed by atoms with E-state index in [0.717, 1.165) is 52.4 Å². The molecule has 0 radical (unpaired) electrons. The fraction of sp³-hybridized carbons (Fsp3) is 0.222. The number of para-hydroxylation sites is 2. The van der Waals surface area contributed by atoms with Gasteiger partial charge in [0.25, 0.3) is 0 Å². The van der Waals surface area contributed by atoms with E-state index in [0.29, 0.717) is 12.1 Å². The largest absolute Gasteiger partial charge is 0.478 e. The Labute approximate surface area is 204 Å². The highest BCUT2D eigenvalue weighted by molar-refractivity contribution is 5.97. The maximum atomic E-state index is 11.5. The number of unbranched alkanes of at least 4 members (excludes halogenated alkanes) is 1. The molecule has 1 heterocycles. The predicted molar refractivity (Wildman–Crippen MR) is 138 cm³/mol. The third-order valence-electron chi connectivity index (χ3n) is 5.87. The van der Waals surface area contributed by atoms with Crippen molar-refractivity contribution >= 4 is 22.8 Å². The van der Waals surface area contributed by atoms with Crippen LogP contribution in [0, 0.1) is 0 Å². The van der Waals surface area contributed by atoms with Crippen LogP contribution in [-0.4, -0.2) is 31.6 Å². The van der Waals surface area contributed by atoms with Gasteiger partial charge >= 0.3 is 5.97 Å². The smallest absolute Gasteiger partial charge is 0.336 e. The van der Waals surface area contributed by atoms with E-state index >= 15 is 0 Å². The zero-order chi connectivity index (χ0) is 24.8. The van der Waals surface area contributed by atoms with Crippen LogP contribution in [0.2, 0.25) is 0 Å². The topological polar surface area (TPSA) is 123 Å². The van der Waals surface area contributed by atoms with E-state index in [9.17, 15) is 9.90 Å². The van der Waals surface area contributed by atoms with Gasteiger partial charge in [-0.05, 0) is 41.8 Å². The number of rotatable bonds is 10. The van der Waals surface area contributed by atoms with Gasteiger partial charge in [-0.15, -0.1) is 5.10 Å². The number of imidazole rings is 1. The highest BCUT2D eigenvalue weighted by Crippen LogP contribution is 2.20. The standard InChI is InChI=1S/C27H30N6O2/c1-2-3-15-25-30-23-13-6-7-14-24(23)32(25)17-19-9-8-11-20(16-19)26(28)31-33(29)18-21-10-4-5-12-22(21)27(34)35/h4-14,16H,2-3,15,17-18,29H2,1H3,(H2,28,31)(H,34,35). The van der Waals surface area contributed by atoms with Crippen molar-refractivity contribution in [3.8, 4) is 0 Å². The first-order valence-corrected chi connectivity index (χ1v) is 11.7. The number of aryl methyl sites for hydroxylation is 1. The molecule has 0 aliphatic carbocycles. The number of hydrazone groups is 1. The molecular formula is C27H30N6O2. The molecule has 5 N–H and O–H groups in total. The Hall–Kier alpha value is -4.17. The second-order valence-electron chi connectivity index (χ2n) is 8.45. The van der Waals surface area contributed by atoms with Crippen LogP contribution in [0.25, 0.3) is 11.0 Å². The third-order valence-corrected chi connectivity index (χ3v) is 5.87. The van der Waals surface area contributed by atoms with E-state index in [1.807, 2.05) is 36.4 Å². The number of hydrogen-bond donors (Lipinski definition) is 3. The number of hydrazine groups is 1. The van der Waals surface area contributed by atoms with Crippen molar-refractivity contribution < 1.29 is 9.90 Å². The first-order valence-electron chi connectivity index (χ1n) is 11.7. The molecule has 4 rings (SSSR count). The molecule has 4 aromatic rings. The number of hydrogen-bond acceptors (Lipinski definition) is 5. The summed E-state index contributed by atoms with van der Waals surface area (Å²) in [7, 11) is 0. The van der Waals surface area contributed by atoms with Crippen molar-refractivity contribution in [2.45, 2.75) is 39.3 Å². The van der Waals surface area contributed by atoms with Gasteiger partial charge in [0.15, 0.2) is 5.84 Å². The summed E-state index contributed by atoms with van der Waals surface area (Å²) in [5.74, 6) is 6.37. The molecule has 0 spiro atoms. The Morgan fingerprint density at radius 3 is 2.66 bits per heavy atom. The molecule has 0 fully saturated rings. The molecule has 35 heavy (non-hydrogen) atoms. The van der Waals surface area contributed by atoms with Crippen LogP contribution in [0.4, 0.5) is 0 Å². The van der Waals surface area contributed by atoms with Crippen LogP contribution in [-0.2, 0) is 19.5 Å². The quantitative estimate of drug-likeness (QED) is 0.139. The summed E-state index contributed by atoms with van der Waals surface area (Å²) in [6.45, 7) is 2.96. The number of carboxylic acids is 1. The van der Waals surface area contributed by atoms with E-state index < -0.39 is 5.97 Å². The summed E-state index contributed by atoms with van der Waals surface area (Å²) in [6.07, 6.45) is 3.12. The van der Waals surface area contributed by atoms with E-state index in [1.54, 1.807) is 18.2 Å². The molecule has 0 amide bonds. The van der Waals surface area contributed by atoms with Gasteiger partial charge in [0.2, 0.25) is 0 Å². The van der Waals surface area contributed by atoms with E-state index in [2.05, 4.69) is 28.7 Å². The van der Waals surface area contributed by atoms with Crippen LogP contribution in [0.15, 0.2) is 77.9 Å². The first kappa shape index (κ1) is 24.0. The SMILES string of the molecule is CCCCc1nc2ccccc2n1Cc1cccc(/C(N)=N/N(N)Cc2ccccc2C(=O)O)c1. The summed E-state index contributed by atoms with van der Waals surface area (Å²) in [5, 5.41) is 14.8. The molecule has 0 aliphatic rings. The number of aromatic nitrogens is 2. The number of aromatic carboxylic acids is 1. The number of carbonyl (C=O) groups is 1. The summed E-state index contributed by atoms with van der Waals surface area (Å²) in [4.78, 5) is 16.3. The van der Waals surface area contributed by atoms with Crippen molar-refractivity contribution in [1.29, 1.82) is 0 Å². The molecule has 0 bridgehead atoms. The molecule has 3 aromatic carbocycles. The molecular weight excluding hydrogens is 440 g/mol. The molecule has 1 aromatic heterocycles. The molecule has 0 saturated carbocycles. The van der Waals surface area contributed by atoms with Gasteiger partial charge in [0, 0.05) is 18.5 Å². The lowest BCUT2D eigenvalue weighted by Gasteiger charge is -2.15. The number of fused-ring (bicyclic) bond motifs is 1. The fourth-order valence-corrected chi connectivity index (χ4v) is 4.11. The number of carboxylic acid groups (broad SMARTS) is 1. The average Bonchev–Trinajstić information content (AvgIpc) is 3.20. The average molecular weight is 471 g/mol. The second kappa shape index (κ2) is 10.8. The Morgan fingerprint density at radius 2 is 1.86 bits per heavy atom. The van der Waals surface area contributed by atoms with Gasteiger partial charge in [-0.3, -0.25) is 0 Å². The predicted octanol–water partition coefficient (Wildman–Crippen LogP) is 4.12. The second-order valence-corrected chi connectivity index (χ2v) is 8.45. The molecule has 0 saturated heterocycles. The lowest BCUT2D eigenvalue weighted by Crippen LogP contribution is -2.29. The first-order chi connectivity index (χ1) is 17.0. The van der Waals surface area contributed by atoms with Crippen LogP contribution in [0.3, 0.4) is 0 Å². The van der Waals surface area contributed by atoms with Gasteiger partial charge in [-0.2, -0.15) is 0 Å². The van der Waals surface area contributed by atoms with Crippen LogP contribution in [0.1, 0.15) is 52.6 Å². The molecule has 180 valence electrons. The van der Waals surface area contributed by atoms with Crippen molar-refractivity contribution in [2.75, 3.05) is 0 Å². The minimum Gasteiger partial charge on any atom is -0.478 e. The van der Waals surface area contributed by atoms with Crippen LogP contribution >= 0.6 is 0 Å². The minimum absolute atomic E-state index is 0.116. The Balaban J connectivity index is 1.56. The van der Waals surface area contributed by atoms with Crippen molar-refractivity contribution in [2.24, 2.45) is 16.7 Å². The lowest BCUT2D eigenvalue weighted by atomic mass is 10.1. The molecule has 0 unspecified atom stereocenters. The monoisotopic (exact) mass is 470 g/mol. The normalized spacial score (nSPS) is 11.7. The van der Waals surface area contributed by atoms with Gasteiger partial charge in [-0.1, -0.05) is 61.9 Å². The van der Waals surface area contributed by atoms with Crippen LogP contribution in [0.5, 0.6) is 0 Å². The highest BCUT2D eigenvalue weighted by Gasteiger charge is 2.13. The summed E-state index contributed by atoms with van der Waals surface area (Å²) >= 11 is 0. The van der Waals surface area contributed by atoms with Crippen molar-refractivity contribution in [1.82, 2.24) is 14.7 Å². The number of nitrogens with two attached hydrogens (primary N) is 2. The number of nitrogens with zero attached hydrogens (tertiary/aromatic N) is 4. The minimum atomic E-state index is -1.01. The third kappa shape index (κ3) is 5.67. The van der Waals surface area contributed by atoms with Crippen molar-refractivity contribution in [3.05, 3.63) is 101 Å². The fourth-order valence-electron chi connectivity index (χ4n) is 4.11. The van der Waals surface area contributed by atoms with Crippen molar-refractivity contribution in [3.63, 3.8) is 0 Å². The Kier molecular flexibility index (Phi) is 7.42. The summed E-state index contributed by atoms with van der Waals surface area (Å²) in [6, 6.07) is 22.7. The summed E-state index contributed by atoms with van der Waals surface area (Å²) < 4.78 is 2.26. The number of benzene rings is 3. The molecule has 0 atom stereocenters. The Morgan fingerprint density at radius 1 is 1.09 bits per heavy atom. The van der Waals surface area contributed by atoms with E-state index in [4.69, 9.17) is 16.6 Å². The number of amidine groups is 1. The summed E-state index contributed by atoms with van der Waals surface area (Å²) in [5.41, 5.74) is 10.9.